The molecule has 86 valence electrons. The molecule has 0 aliphatic heterocycles. The van der Waals surface area contributed by atoms with Crippen molar-refractivity contribution in [3.8, 4) is 0 Å². The molecule has 0 amide bonds. The van der Waals surface area contributed by atoms with Crippen LogP contribution in [0.25, 0.3) is 0 Å². The van der Waals surface area contributed by atoms with Crippen molar-refractivity contribution in [2.24, 2.45) is 5.73 Å². The standard InChI is InChI=1S/C10H25NO2Si/c1-6-12-14(4,5)13-10(2,3)8-7-9-11/h6-9,11H2,1-5H3. The van der Waals surface area contributed by atoms with E-state index in [4.69, 9.17) is 14.6 Å². The molecule has 0 spiro atoms. The highest BCUT2D eigenvalue weighted by atomic mass is 28.4. The molecule has 0 saturated heterocycles. The highest BCUT2D eigenvalue weighted by Gasteiger charge is 2.32. The first kappa shape index (κ1) is 14.1. The van der Waals surface area contributed by atoms with Crippen LogP contribution in [0, 0.1) is 0 Å². The zero-order valence-electron chi connectivity index (χ0n) is 10.2. The highest BCUT2D eigenvalue weighted by molar-refractivity contribution is 6.64. The molecule has 0 fully saturated rings. The number of hydrogen-bond acceptors (Lipinski definition) is 3. The van der Waals surface area contributed by atoms with Gasteiger partial charge >= 0.3 is 8.56 Å². The van der Waals surface area contributed by atoms with Crippen LogP contribution in [0.2, 0.25) is 13.1 Å². The molecule has 0 rings (SSSR count). The summed E-state index contributed by atoms with van der Waals surface area (Å²) in [6, 6.07) is 0. The van der Waals surface area contributed by atoms with Crippen LogP contribution in [-0.2, 0) is 8.85 Å². The van der Waals surface area contributed by atoms with Gasteiger partial charge in [-0.1, -0.05) is 0 Å². The Hall–Kier alpha value is 0.0969. The van der Waals surface area contributed by atoms with Crippen LogP contribution < -0.4 is 5.73 Å². The Labute approximate surface area is 89.2 Å². The van der Waals surface area contributed by atoms with Gasteiger partial charge in [0.2, 0.25) is 0 Å². The molecule has 4 heteroatoms. The second kappa shape index (κ2) is 5.85. The maximum absolute atomic E-state index is 6.03. The molecule has 3 nitrogen and oxygen atoms in total. The third-order valence-electron chi connectivity index (χ3n) is 2.00. The van der Waals surface area contributed by atoms with Gasteiger partial charge in [-0.2, -0.15) is 0 Å². The first-order valence-electron chi connectivity index (χ1n) is 5.37. The van der Waals surface area contributed by atoms with E-state index in [1.54, 1.807) is 0 Å². The minimum atomic E-state index is -1.93. The van der Waals surface area contributed by atoms with Gasteiger partial charge in [-0.05, 0) is 53.3 Å². The topological polar surface area (TPSA) is 44.5 Å². The van der Waals surface area contributed by atoms with Crippen LogP contribution in [0.15, 0.2) is 0 Å². The van der Waals surface area contributed by atoms with Gasteiger partial charge < -0.3 is 14.6 Å². The molecular weight excluding hydrogens is 194 g/mol. The maximum Gasteiger partial charge on any atom is 0.332 e. The summed E-state index contributed by atoms with van der Waals surface area (Å²) in [6.45, 7) is 11.8. The van der Waals surface area contributed by atoms with Crippen LogP contribution in [0.3, 0.4) is 0 Å². The number of nitrogens with two attached hydrogens (primary N) is 1. The van der Waals surface area contributed by atoms with Gasteiger partial charge in [0.25, 0.3) is 0 Å². The van der Waals surface area contributed by atoms with Crippen molar-refractivity contribution in [2.75, 3.05) is 13.2 Å². The van der Waals surface area contributed by atoms with Crippen molar-refractivity contribution >= 4 is 8.56 Å². The molecule has 0 heterocycles. The Bertz CT molecular complexity index is 160. The molecule has 0 aromatic carbocycles. The van der Waals surface area contributed by atoms with Crippen molar-refractivity contribution in [2.45, 2.75) is 52.3 Å². The Morgan fingerprint density at radius 3 is 2.29 bits per heavy atom. The van der Waals surface area contributed by atoms with Crippen molar-refractivity contribution in [1.29, 1.82) is 0 Å². The van der Waals surface area contributed by atoms with E-state index in [1.165, 1.54) is 0 Å². The molecule has 0 aliphatic rings. The van der Waals surface area contributed by atoms with E-state index in [0.29, 0.717) is 0 Å². The monoisotopic (exact) mass is 219 g/mol. The molecule has 2 N–H and O–H groups in total. The summed E-state index contributed by atoms with van der Waals surface area (Å²) in [4.78, 5) is 0. The predicted octanol–water partition coefficient (Wildman–Crippen LogP) is 2.26. The molecule has 0 saturated carbocycles. The summed E-state index contributed by atoms with van der Waals surface area (Å²) in [5.41, 5.74) is 5.38. The predicted molar refractivity (Wildman–Crippen MR) is 62.6 cm³/mol. The smallest absolute Gasteiger partial charge is 0.332 e. The van der Waals surface area contributed by atoms with Crippen molar-refractivity contribution in [3.63, 3.8) is 0 Å². The van der Waals surface area contributed by atoms with E-state index in [9.17, 15) is 0 Å². The van der Waals surface area contributed by atoms with Crippen LogP contribution in [0.4, 0.5) is 0 Å². The molecule has 14 heavy (non-hydrogen) atoms. The van der Waals surface area contributed by atoms with Crippen molar-refractivity contribution < 1.29 is 8.85 Å². The van der Waals surface area contributed by atoms with Crippen molar-refractivity contribution in [3.05, 3.63) is 0 Å². The minimum absolute atomic E-state index is 0.107. The lowest BCUT2D eigenvalue weighted by atomic mass is 10.0. The van der Waals surface area contributed by atoms with E-state index >= 15 is 0 Å². The molecule has 0 radical (unpaired) electrons. The summed E-state index contributed by atoms with van der Waals surface area (Å²) in [6.07, 6.45) is 2.00. The zero-order chi connectivity index (χ0) is 11.2. The normalized spacial score (nSPS) is 13.3. The third kappa shape index (κ3) is 6.54. The number of hydrogen-bond donors (Lipinski definition) is 1. The quantitative estimate of drug-likeness (QED) is 0.668. The van der Waals surface area contributed by atoms with E-state index in [1.807, 2.05) is 6.92 Å². The first-order valence-corrected chi connectivity index (χ1v) is 8.19. The number of rotatable bonds is 7. The van der Waals surface area contributed by atoms with Crippen molar-refractivity contribution in [1.82, 2.24) is 0 Å². The Morgan fingerprint density at radius 1 is 1.29 bits per heavy atom. The highest BCUT2D eigenvalue weighted by Crippen LogP contribution is 2.22. The lowest BCUT2D eigenvalue weighted by Crippen LogP contribution is -2.43. The fourth-order valence-corrected chi connectivity index (χ4v) is 3.81. The van der Waals surface area contributed by atoms with Crippen LogP contribution in [-0.4, -0.2) is 27.3 Å². The third-order valence-corrected chi connectivity index (χ3v) is 4.03. The van der Waals surface area contributed by atoms with Crippen LogP contribution in [0.5, 0.6) is 0 Å². The van der Waals surface area contributed by atoms with Crippen LogP contribution in [0.1, 0.15) is 33.6 Å². The fraction of sp³-hybridized carbons (Fsp3) is 1.00. The molecular formula is C10H25NO2Si. The Balaban J connectivity index is 4.05. The van der Waals surface area contributed by atoms with Gasteiger partial charge in [-0.3, -0.25) is 0 Å². The lowest BCUT2D eigenvalue weighted by molar-refractivity contribution is 0.0481. The van der Waals surface area contributed by atoms with Gasteiger partial charge in [0.15, 0.2) is 0 Å². The summed E-state index contributed by atoms with van der Waals surface area (Å²) in [5.74, 6) is 0. The summed E-state index contributed by atoms with van der Waals surface area (Å²) >= 11 is 0. The molecule has 0 bridgehead atoms. The Kier molecular flexibility index (Phi) is 5.89. The molecule has 0 aromatic rings. The van der Waals surface area contributed by atoms with Gasteiger partial charge in [-0.25, -0.2) is 0 Å². The first-order chi connectivity index (χ1) is 6.33. The van der Waals surface area contributed by atoms with E-state index < -0.39 is 8.56 Å². The van der Waals surface area contributed by atoms with Gasteiger partial charge in [0, 0.05) is 6.61 Å². The van der Waals surface area contributed by atoms with Gasteiger partial charge in [0.05, 0.1) is 5.60 Å². The SMILES string of the molecule is CCO[Si](C)(C)OC(C)(C)CCCN. The molecule has 0 aliphatic carbocycles. The molecule has 0 unspecified atom stereocenters. The van der Waals surface area contributed by atoms with E-state index in [2.05, 4.69) is 26.9 Å². The lowest BCUT2D eigenvalue weighted by Gasteiger charge is -2.34. The fourth-order valence-electron chi connectivity index (χ4n) is 1.62. The minimum Gasteiger partial charge on any atom is -0.395 e. The second-order valence-corrected chi connectivity index (χ2v) is 7.88. The summed E-state index contributed by atoms with van der Waals surface area (Å²) in [5, 5.41) is 0. The molecule has 0 atom stereocenters. The maximum atomic E-state index is 6.03. The van der Waals surface area contributed by atoms with E-state index in [-0.39, 0.29) is 5.60 Å². The van der Waals surface area contributed by atoms with Gasteiger partial charge in [0.1, 0.15) is 0 Å². The average molecular weight is 219 g/mol. The average Bonchev–Trinajstić information content (AvgIpc) is 1.98. The summed E-state index contributed by atoms with van der Waals surface area (Å²) in [7, 11) is -1.93. The van der Waals surface area contributed by atoms with Crippen LogP contribution >= 0.6 is 0 Å². The second-order valence-electron chi connectivity index (χ2n) is 4.59. The molecule has 0 aromatic heterocycles. The van der Waals surface area contributed by atoms with Gasteiger partial charge in [-0.15, -0.1) is 0 Å². The summed E-state index contributed by atoms with van der Waals surface area (Å²) < 4.78 is 11.7. The zero-order valence-corrected chi connectivity index (χ0v) is 11.2. The largest absolute Gasteiger partial charge is 0.395 e. The van der Waals surface area contributed by atoms with E-state index in [0.717, 1.165) is 26.0 Å². The Morgan fingerprint density at radius 2 is 1.86 bits per heavy atom.